The first kappa shape index (κ1) is 16.0. The van der Waals surface area contributed by atoms with E-state index in [1.165, 1.54) is 16.8 Å². The fourth-order valence-electron chi connectivity index (χ4n) is 2.55. The Morgan fingerprint density at radius 3 is 2.46 bits per heavy atom. The monoisotopic (exact) mass is 322 g/mol. The van der Waals surface area contributed by atoms with Crippen LogP contribution in [0.25, 0.3) is 5.69 Å². The Hall–Kier alpha value is -2.89. The van der Waals surface area contributed by atoms with Crippen molar-refractivity contribution in [3.63, 3.8) is 0 Å². The van der Waals surface area contributed by atoms with Crippen LogP contribution in [0.5, 0.6) is 0 Å². The maximum Gasteiger partial charge on any atom is 0.250 e. The molecular weight excluding hydrogens is 300 g/mol. The Bertz CT molecular complexity index is 806. The van der Waals surface area contributed by atoms with Crippen LogP contribution in [0.4, 0.5) is 11.6 Å². The molecule has 1 heterocycles. The van der Waals surface area contributed by atoms with Crippen molar-refractivity contribution < 1.29 is 0 Å². The Balaban J connectivity index is 1.84. The molecule has 2 aromatic carbocycles. The molecule has 6 heteroatoms. The van der Waals surface area contributed by atoms with Gasteiger partial charge in [-0.05, 0) is 47.2 Å². The minimum absolute atomic E-state index is 0.717. The zero-order chi connectivity index (χ0) is 17.1. The van der Waals surface area contributed by atoms with E-state index in [9.17, 15) is 0 Å². The highest BCUT2D eigenvalue weighted by Crippen LogP contribution is 2.19. The summed E-state index contributed by atoms with van der Waals surface area (Å²) in [5, 5.41) is 12.2. The Labute approximate surface area is 142 Å². The summed E-state index contributed by atoms with van der Waals surface area (Å²) in [6.45, 7) is 2.79. The SMILES string of the molecule is Cc1ccc(-n2nnnc2N(C)Cc2cccc(N(C)C)c2)cc1. The highest BCUT2D eigenvalue weighted by atomic mass is 15.6. The third kappa shape index (κ3) is 3.37. The number of hydrogen-bond acceptors (Lipinski definition) is 5. The van der Waals surface area contributed by atoms with E-state index in [-0.39, 0.29) is 0 Å². The van der Waals surface area contributed by atoms with Gasteiger partial charge in [0.25, 0.3) is 0 Å². The van der Waals surface area contributed by atoms with E-state index >= 15 is 0 Å². The maximum absolute atomic E-state index is 4.19. The minimum atomic E-state index is 0.717. The molecule has 6 nitrogen and oxygen atoms in total. The van der Waals surface area contributed by atoms with Crippen molar-refractivity contribution in [2.45, 2.75) is 13.5 Å². The van der Waals surface area contributed by atoms with Crippen molar-refractivity contribution in [1.82, 2.24) is 20.2 Å². The second-order valence-corrected chi connectivity index (χ2v) is 6.15. The highest BCUT2D eigenvalue weighted by Gasteiger charge is 2.13. The number of rotatable bonds is 5. The van der Waals surface area contributed by atoms with Gasteiger partial charge in [0.05, 0.1) is 5.69 Å². The molecule has 0 aliphatic carbocycles. The smallest absolute Gasteiger partial charge is 0.250 e. The lowest BCUT2D eigenvalue weighted by Crippen LogP contribution is -2.21. The summed E-state index contributed by atoms with van der Waals surface area (Å²) in [5.74, 6) is 0.717. The fourth-order valence-corrected chi connectivity index (χ4v) is 2.55. The average molecular weight is 322 g/mol. The molecule has 0 amide bonds. The molecule has 0 saturated heterocycles. The first-order valence-corrected chi connectivity index (χ1v) is 7.87. The van der Waals surface area contributed by atoms with Gasteiger partial charge in [0, 0.05) is 33.4 Å². The van der Waals surface area contributed by atoms with Crippen molar-refractivity contribution in [3.05, 3.63) is 59.7 Å². The molecule has 1 aromatic heterocycles. The third-order valence-electron chi connectivity index (χ3n) is 3.92. The van der Waals surface area contributed by atoms with Gasteiger partial charge in [-0.3, -0.25) is 0 Å². The number of tetrazole rings is 1. The van der Waals surface area contributed by atoms with Crippen molar-refractivity contribution in [2.75, 3.05) is 30.9 Å². The molecule has 0 fully saturated rings. The number of hydrogen-bond donors (Lipinski definition) is 0. The summed E-state index contributed by atoms with van der Waals surface area (Å²) in [6, 6.07) is 16.6. The van der Waals surface area contributed by atoms with Crippen molar-refractivity contribution in [1.29, 1.82) is 0 Å². The summed E-state index contributed by atoms with van der Waals surface area (Å²) in [6.07, 6.45) is 0. The molecular formula is C18H22N6. The van der Waals surface area contributed by atoms with Crippen LogP contribution in [0.2, 0.25) is 0 Å². The predicted octanol–water partition coefficient (Wildman–Crippen LogP) is 2.67. The predicted molar refractivity (Wildman–Crippen MR) is 96.8 cm³/mol. The number of benzene rings is 2. The summed E-state index contributed by atoms with van der Waals surface area (Å²) >= 11 is 0. The molecule has 0 N–H and O–H groups in total. The number of anilines is 2. The van der Waals surface area contributed by atoms with Gasteiger partial charge in [-0.1, -0.05) is 34.9 Å². The molecule has 0 saturated carbocycles. The first-order valence-electron chi connectivity index (χ1n) is 7.87. The van der Waals surface area contributed by atoms with E-state index < -0.39 is 0 Å². The topological polar surface area (TPSA) is 50.1 Å². The standard InChI is InChI=1S/C18H22N6/c1-14-8-10-16(11-9-14)24-18(19-20-21-24)23(4)13-15-6-5-7-17(12-15)22(2)3/h5-12H,13H2,1-4H3. The zero-order valence-corrected chi connectivity index (χ0v) is 14.5. The molecule has 0 aliphatic heterocycles. The van der Waals surface area contributed by atoms with Gasteiger partial charge in [-0.2, -0.15) is 4.68 Å². The lowest BCUT2D eigenvalue weighted by Gasteiger charge is -2.19. The van der Waals surface area contributed by atoms with E-state index in [4.69, 9.17) is 0 Å². The summed E-state index contributed by atoms with van der Waals surface area (Å²) in [4.78, 5) is 4.15. The summed E-state index contributed by atoms with van der Waals surface area (Å²) in [5.41, 5.74) is 4.55. The van der Waals surface area contributed by atoms with Crippen LogP contribution in [-0.2, 0) is 6.54 Å². The molecule has 0 spiro atoms. The van der Waals surface area contributed by atoms with Crippen molar-refractivity contribution >= 4 is 11.6 Å². The molecule has 0 aliphatic rings. The number of aryl methyl sites for hydroxylation is 1. The molecule has 0 bridgehead atoms. The summed E-state index contributed by atoms with van der Waals surface area (Å²) < 4.78 is 1.76. The molecule has 124 valence electrons. The Morgan fingerprint density at radius 2 is 1.75 bits per heavy atom. The fraction of sp³-hybridized carbons (Fsp3) is 0.278. The molecule has 24 heavy (non-hydrogen) atoms. The second kappa shape index (κ2) is 6.70. The molecule has 0 atom stereocenters. The molecule has 3 aromatic rings. The van der Waals surface area contributed by atoms with E-state index in [1.807, 2.05) is 33.3 Å². The van der Waals surface area contributed by atoms with Crippen molar-refractivity contribution in [3.8, 4) is 5.69 Å². The van der Waals surface area contributed by atoms with Crippen LogP contribution in [0.15, 0.2) is 48.5 Å². The van der Waals surface area contributed by atoms with E-state index in [0.29, 0.717) is 5.95 Å². The first-order chi connectivity index (χ1) is 11.5. The van der Waals surface area contributed by atoms with Crippen LogP contribution >= 0.6 is 0 Å². The van der Waals surface area contributed by atoms with E-state index in [0.717, 1.165) is 12.2 Å². The zero-order valence-electron chi connectivity index (χ0n) is 14.5. The van der Waals surface area contributed by atoms with Crippen LogP contribution in [0.1, 0.15) is 11.1 Å². The van der Waals surface area contributed by atoms with Gasteiger partial charge in [0.15, 0.2) is 0 Å². The lowest BCUT2D eigenvalue weighted by atomic mass is 10.2. The highest BCUT2D eigenvalue weighted by molar-refractivity contribution is 5.48. The molecule has 0 unspecified atom stereocenters. The van der Waals surface area contributed by atoms with E-state index in [1.54, 1.807) is 4.68 Å². The maximum atomic E-state index is 4.19. The largest absolute Gasteiger partial charge is 0.378 e. The van der Waals surface area contributed by atoms with E-state index in [2.05, 4.69) is 68.6 Å². The van der Waals surface area contributed by atoms with Gasteiger partial charge in [0.1, 0.15) is 0 Å². The minimum Gasteiger partial charge on any atom is -0.378 e. The van der Waals surface area contributed by atoms with Crippen LogP contribution in [0, 0.1) is 6.92 Å². The molecule has 3 rings (SSSR count). The van der Waals surface area contributed by atoms with Gasteiger partial charge < -0.3 is 9.80 Å². The normalized spacial score (nSPS) is 10.7. The van der Waals surface area contributed by atoms with Gasteiger partial charge in [-0.15, -0.1) is 0 Å². The number of aromatic nitrogens is 4. The Kier molecular flexibility index (Phi) is 4.46. The quantitative estimate of drug-likeness (QED) is 0.723. The van der Waals surface area contributed by atoms with Crippen LogP contribution in [0.3, 0.4) is 0 Å². The Morgan fingerprint density at radius 1 is 1.00 bits per heavy atom. The van der Waals surface area contributed by atoms with Gasteiger partial charge in [-0.25, -0.2) is 0 Å². The lowest BCUT2D eigenvalue weighted by molar-refractivity contribution is 0.771. The molecule has 0 radical (unpaired) electrons. The summed E-state index contributed by atoms with van der Waals surface area (Å²) in [7, 11) is 6.08. The van der Waals surface area contributed by atoms with Gasteiger partial charge in [0.2, 0.25) is 5.95 Å². The second-order valence-electron chi connectivity index (χ2n) is 6.15. The third-order valence-corrected chi connectivity index (χ3v) is 3.92. The van der Waals surface area contributed by atoms with Crippen LogP contribution < -0.4 is 9.80 Å². The van der Waals surface area contributed by atoms with Gasteiger partial charge >= 0.3 is 0 Å². The van der Waals surface area contributed by atoms with Crippen molar-refractivity contribution in [2.24, 2.45) is 0 Å². The van der Waals surface area contributed by atoms with Crippen LogP contribution in [-0.4, -0.2) is 41.4 Å². The average Bonchev–Trinajstić information content (AvgIpc) is 3.05. The number of nitrogens with zero attached hydrogens (tertiary/aromatic N) is 6.